The lowest BCUT2D eigenvalue weighted by Gasteiger charge is -2.44. The van der Waals surface area contributed by atoms with E-state index >= 15 is 0 Å². The lowest BCUT2D eigenvalue weighted by atomic mass is 10.0. The number of nitrogens with one attached hydrogen (secondary N) is 1. The number of rotatable bonds is 4. The van der Waals surface area contributed by atoms with E-state index in [0.29, 0.717) is 11.1 Å². The molecule has 18 heavy (non-hydrogen) atoms. The average Bonchev–Trinajstić information content (AvgIpc) is 2.24. The van der Waals surface area contributed by atoms with Gasteiger partial charge in [-0.3, -0.25) is 4.79 Å². The number of hydrogen-bond donors (Lipinski definition) is 3. The summed E-state index contributed by atoms with van der Waals surface area (Å²) < 4.78 is 16.3. The van der Waals surface area contributed by atoms with Crippen molar-refractivity contribution in [2.24, 2.45) is 0 Å². The molecule has 0 aromatic carbocycles. The molecule has 3 N–H and O–H groups in total. The van der Waals surface area contributed by atoms with Crippen molar-refractivity contribution in [3.63, 3.8) is 0 Å². The van der Waals surface area contributed by atoms with Crippen molar-refractivity contribution >= 4 is 19.7 Å². The van der Waals surface area contributed by atoms with Crippen LogP contribution in [0.2, 0.25) is 0 Å². The number of nitrogens with zero attached hydrogens (tertiary/aromatic N) is 1. The van der Waals surface area contributed by atoms with Gasteiger partial charge < -0.3 is 19.8 Å². The Hall–Kier alpha value is -1.11. The zero-order valence-corrected chi connectivity index (χ0v) is 11.3. The zero-order valence-electron chi connectivity index (χ0n) is 10.4. The summed E-state index contributed by atoms with van der Waals surface area (Å²) in [6.45, 7) is 4.98. The van der Waals surface area contributed by atoms with Gasteiger partial charge in [-0.05, 0) is 20.3 Å². The molecule has 0 spiro atoms. The molecular formula is C9H17N2O6P. The van der Waals surface area contributed by atoms with Crippen LogP contribution in [0, 0.1) is 0 Å². The van der Waals surface area contributed by atoms with Gasteiger partial charge in [-0.1, -0.05) is 6.92 Å². The Balaban J connectivity index is 2.55. The largest absolute Gasteiger partial charge is 0.447 e. The van der Waals surface area contributed by atoms with Gasteiger partial charge in [0.05, 0.1) is 6.04 Å². The molecular weight excluding hydrogens is 263 g/mol. The minimum atomic E-state index is -4.60. The van der Waals surface area contributed by atoms with E-state index in [-0.39, 0.29) is 6.10 Å². The third kappa shape index (κ3) is 3.01. The van der Waals surface area contributed by atoms with Gasteiger partial charge in [0, 0.05) is 0 Å². The zero-order chi connectivity index (χ0) is 14.1. The standard InChI is InChI=1S/C9H17N2O6P/c1-4-5(2)17-9(13)10-7-6(3)11(8(7)12)18(14,15)16/h5-7H,4H2,1-3H3,(H,10,13)(H2,14,15,16)/t5?,6?,7-/m0/s1. The summed E-state index contributed by atoms with van der Waals surface area (Å²) >= 11 is 0. The quantitative estimate of drug-likeness (QED) is 0.500. The summed E-state index contributed by atoms with van der Waals surface area (Å²) in [6.07, 6.45) is -0.413. The summed E-state index contributed by atoms with van der Waals surface area (Å²) in [5, 5.41) is 2.29. The summed E-state index contributed by atoms with van der Waals surface area (Å²) in [6, 6.07) is -1.71. The van der Waals surface area contributed by atoms with Gasteiger partial charge in [0.2, 0.25) is 0 Å². The van der Waals surface area contributed by atoms with Crippen molar-refractivity contribution in [3.05, 3.63) is 0 Å². The van der Waals surface area contributed by atoms with Crippen LogP contribution in [0.25, 0.3) is 0 Å². The molecule has 8 nitrogen and oxygen atoms in total. The van der Waals surface area contributed by atoms with Crippen LogP contribution in [-0.2, 0) is 14.1 Å². The fraction of sp³-hybridized carbons (Fsp3) is 0.778. The highest BCUT2D eigenvalue weighted by atomic mass is 31.2. The van der Waals surface area contributed by atoms with E-state index in [1.165, 1.54) is 6.92 Å². The van der Waals surface area contributed by atoms with Crippen molar-refractivity contribution in [1.82, 2.24) is 9.99 Å². The van der Waals surface area contributed by atoms with Gasteiger partial charge in [0.25, 0.3) is 5.91 Å². The number of β-lactam (4-membered cyclic amide) rings is 1. The number of amides is 2. The lowest BCUT2D eigenvalue weighted by molar-refractivity contribution is -0.142. The van der Waals surface area contributed by atoms with E-state index in [2.05, 4.69) is 5.32 Å². The fourth-order valence-electron chi connectivity index (χ4n) is 1.58. The van der Waals surface area contributed by atoms with Crippen molar-refractivity contribution in [3.8, 4) is 0 Å². The van der Waals surface area contributed by atoms with Crippen LogP contribution in [0.3, 0.4) is 0 Å². The normalized spacial score (nSPS) is 25.4. The van der Waals surface area contributed by atoms with Crippen molar-refractivity contribution < 1.29 is 28.7 Å². The second-order valence-electron chi connectivity index (χ2n) is 4.18. The Morgan fingerprint density at radius 1 is 1.61 bits per heavy atom. The molecule has 1 fully saturated rings. The van der Waals surface area contributed by atoms with Crippen LogP contribution in [0.4, 0.5) is 4.79 Å². The monoisotopic (exact) mass is 280 g/mol. The number of carbonyl (C=O) groups is 2. The Labute approximate surface area is 105 Å². The Bertz CT molecular complexity index is 395. The second kappa shape index (κ2) is 5.26. The molecule has 0 bridgehead atoms. The highest BCUT2D eigenvalue weighted by molar-refractivity contribution is 7.50. The van der Waals surface area contributed by atoms with Gasteiger partial charge in [-0.15, -0.1) is 0 Å². The lowest BCUT2D eigenvalue weighted by Crippen LogP contribution is -2.68. The third-order valence-electron chi connectivity index (χ3n) is 2.80. The predicted octanol–water partition coefficient (Wildman–Crippen LogP) is 0.203. The number of ether oxygens (including phenoxy) is 1. The van der Waals surface area contributed by atoms with E-state index < -0.39 is 31.8 Å². The molecule has 1 rings (SSSR count). The Kier molecular flexibility index (Phi) is 4.37. The molecule has 1 saturated heterocycles. The first-order chi connectivity index (χ1) is 8.18. The highest BCUT2D eigenvalue weighted by Gasteiger charge is 2.53. The molecule has 1 aliphatic rings. The molecule has 1 heterocycles. The second-order valence-corrected chi connectivity index (χ2v) is 5.64. The molecule has 0 aromatic rings. The highest BCUT2D eigenvalue weighted by Crippen LogP contribution is 2.47. The van der Waals surface area contributed by atoms with Gasteiger partial charge in [-0.25, -0.2) is 14.0 Å². The Morgan fingerprint density at radius 3 is 2.56 bits per heavy atom. The predicted molar refractivity (Wildman–Crippen MR) is 61.5 cm³/mol. The first-order valence-electron chi connectivity index (χ1n) is 5.54. The molecule has 3 atom stereocenters. The van der Waals surface area contributed by atoms with Crippen LogP contribution in [0.1, 0.15) is 27.2 Å². The first-order valence-corrected chi connectivity index (χ1v) is 7.11. The minimum absolute atomic E-state index is 0.284. The average molecular weight is 280 g/mol. The van der Waals surface area contributed by atoms with Crippen LogP contribution in [0.5, 0.6) is 0 Å². The number of hydrogen-bond acceptors (Lipinski definition) is 4. The first kappa shape index (κ1) is 14.9. The molecule has 9 heteroatoms. The molecule has 0 aromatic heterocycles. The molecule has 2 amide bonds. The maximum atomic E-state index is 11.5. The summed E-state index contributed by atoms with van der Waals surface area (Å²) in [7, 11) is -4.60. The number of alkyl carbamates (subject to hydrolysis) is 1. The fourth-order valence-corrected chi connectivity index (χ4v) is 2.57. The van der Waals surface area contributed by atoms with Crippen molar-refractivity contribution in [1.29, 1.82) is 0 Å². The van der Waals surface area contributed by atoms with Crippen LogP contribution in [-0.4, -0.2) is 44.6 Å². The molecule has 104 valence electrons. The maximum Gasteiger partial charge on any atom is 0.432 e. The van der Waals surface area contributed by atoms with Gasteiger partial charge >= 0.3 is 13.8 Å². The van der Waals surface area contributed by atoms with Crippen molar-refractivity contribution in [2.45, 2.75) is 45.4 Å². The smallest absolute Gasteiger partial charge is 0.432 e. The van der Waals surface area contributed by atoms with E-state index in [4.69, 9.17) is 14.5 Å². The summed E-state index contributed by atoms with van der Waals surface area (Å²) in [4.78, 5) is 40.6. The Morgan fingerprint density at radius 2 is 2.17 bits per heavy atom. The molecule has 2 unspecified atom stereocenters. The third-order valence-corrected chi connectivity index (χ3v) is 3.92. The van der Waals surface area contributed by atoms with Crippen LogP contribution >= 0.6 is 7.75 Å². The summed E-state index contributed by atoms with van der Waals surface area (Å²) in [5.74, 6) is -0.808. The molecule has 0 radical (unpaired) electrons. The van der Waals surface area contributed by atoms with Gasteiger partial charge in [0.1, 0.15) is 12.1 Å². The topological polar surface area (TPSA) is 116 Å². The number of carbonyl (C=O) groups excluding carboxylic acids is 2. The molecule has 1 aliphatic heterocycles. The van der Waals surface area contributed by atoms with E-state index in [1.54, 1.807) is 6.92 Å². The SMILES string of the molecule is CCC(C)OC(=O)N[C@@H]1C(=O)N(P(=O)(O)O)C1C. The molecule has 0 saturated carbocycles. The van der Waals surface area contributed by atoms with Gasteiger partial charge in [-0.2, -0.15) is 0 Å². The van der Waals surface area contributed by atoms with Crippen LogP contribution < -0.4 is 5.32 Å². The summed E-state index contributed by atoms with van der Waals surface area (Å²) in [5.41, 5.74) is 0. The molecule has 0 aliphatic carbocycles. The van der Waals surface area contributed by atoms with Gasteiger partial charge in [0.15, 0.2) is 0 Å². The van der Waals surface area contributed by atoms with E-state index in [0.717, 1.165) is 0 Å². The minimum Gasteiger partial charge on any atom is -0.447 e. The van der Waals surface area contributed by atoms with E-state index in [1.807, 2.05) is 6.92 Å². The van der Waals surface area contributed by atoms with E-state index in [9.17, 15) is 14.2 Å². The van der Waals surface area contributed by atoms with Crippen LogP contribution in [0.15, 0.2) is 0 Å². The van der Waals surface area contributed by atoms with Crippen molar-refractivity contribution in [2.75, 3.05) is 0 Å². The maximum absolute atomic E-state index is 11.5.